The molecule has 1 heterocycles. The number of hydrogen-bond acceptors (Lipinski definition) is 4. The van der Waals surface area contributed by atoms with Crippen molar-refractivity contribution in [2.45, 2.75) is 22.7 Å². The Morgan fingerprint density at radius 3 is 2.56 bits per heavy atom. The highest BCUT2D eigenvalue weighted by atomic mass is 33.1. The molecule has 0 radical (unpaired) electrons. The van der Waals surface area contributed by atoms with Crippen molar-refractivity contribution in [1.82, 2.24) is 0 Å². The molecule has 3 atom stereocenters. The molecule has 1 saturated heterocycles. The number of thiol groups is 2. The van der Waals surface area contributed by atoms with Crippen LogP contribution in [0.5, 0.6) is 0 Å². The van der Waals surface area contributed by atoms with E-state index in [0.717, 1.165) is 5.75 Å². The minimum atomic E-state index is 0.472. The monoisotopic (exact) mass is 198 g/mol. The Balaban J connectivity index is 2.41. The summed E-state index contributed by atoms with van der Waals surface area (Å²) < 4.78 is 0. The lowest BCUT2D eigenvalue weighted by molar-refractivity contribution is 0.839. The summed E-state index contributed by atoms with van der Waals surface area (Å²) in [5.74, 6) is 1.13. The number of rotatable bonds is 0. The lowest BCUT2D eigenvalue weighted by Gasteiger charge is -2.28. The van der Waals surface area contributed by atoms with Crippen LogP contribution in [-0.2, 0) is 0 Å². The maximum absolute atomic E-state index is 4.44. The lowest BCUT2D eigenvalue weighted by Crippen LogP contribution is -2.29. The average molecular weight is 198 g/mol. The van der Waals surface area contributed by atoms with Crippen LogP contribution in [0.4, 0.5) is 0 Å². The van der Waals surface area contributed by atoms with E-state index in [1.807, 2.05) is 21.6 Å². The Labute approximate surface area is 75.1 Å². The standard InChI is InChI=1S/C5H10S4/c1-3-5(7)4(6)2-8-9-3/h3-7H,2H2,1H3. The Kier molecular flexibility index (Phi) is 3.49. The van der Waals surface area contributed by atoms with Crippen LogP contribution < -0.4 is 0 Å². The first-order chi connectivity index (χ1) is 4.22. The molecule has 0 aromatic heterocycles. The predicted octanol–water partition coefficient (Wildman–Crippen LogP) is 2.37. The molecule has 0 nitrogen and oxygen atoms in total. The van der Waals surface area contributed by atoms with Gasteiger partial charge in [-0.05, 0) is 0 Å². The quantitative estimate of drug-likeness (QED) is 0.453. The van der Waals surface area contributed by atoms with Gasteiger partial charge in [-0.25, -0.2) is 0 Å². The highest BCUT2D eigenvalue weighted by Crippen LogP contribution is 2.39. The van der Waals surface area contributed by atoms with E-state index in [4.69, 9.17) is 0 Å². The van der Waals surface area contributed by atoms with Gasteiger partial charge in [-0.1, -0.05) is 28.5 Å². The molecular weight excluding hydrogens is 188 g/mol. The smallest absolute Gasteiger partial charge is 0.0266 e. The van der Waals surface area contributed by atoms with Crippen LogP contribution >= 0.6 is 46.8 Å². The zero-order valence-electron chi connectivity index (χ0n) is 5.15. The third-order valence-corrected chi connectivity index (χ3v) is 6.28. The lowest BCUT2D eigenvalue weighted by atomic mass is 10.2. The summed E-state index contributed by atoms with van der Waals surface area (Å²) in [6.45, 7) is 2.21. The minimum absolute atomic E-state index is 0.472. The van der Waals surface area contributed by atoms with Gasteiger partial charge in [0, 0.05) is 21.5 Å². The van der Waals surface area contributed by atoms with Crippen LogP contribution in [0.3, 0.4) is 0 Å². The van der Waals surface area contributed by atoms with Gasteiger partial charge in [-0.3, -0.25) is 0 Å². The molecule has 0 N–H and O–H groups in total. The molecule has 54 valence electrons. The van der Waals surface area contributed by atoms with Gasteiger partial charge in [-0.15, -0.1) is 0 Å². The van der Waals surface area contributed by atoms with Gasteiger partial charge in [0.1, 0.15) is 0 Å². The highest BCUT2D eigenvalue weighted by Gasteiger charge is 2.26. The predicted molar refractivity (Wildman–Crippen MR) is 55.1 cm³/mol. The first-order valence-corrected chi connectivity index (χ1v) is 6.27. The molecule has 0 aromatic rings. The van der Waals surface area contributed by atoms with Crippen molar-refractivity contribution < 1.29 is 0 Å². The van der Waals surface area contributed by atoms with Crippen molar-refractivity contribution in [2.75, 3.05) is 5.75 Å². The molecule has 9 heavy (non-hydrogen) atoms. The topological polar surface area (TPSA) is 0 Å². The second-order valence-corrected chi connectivity index (χ2v) is 6.19. The molecule has 4 heteroatoms. The SMILES string of the molecule is CC1SSCC(S)C1S. The summed E-state index contributed by atoms with van der Waals surface area (Å²) in [6.07, 6.45) is 0. The number of hydrogen-bond donors (Lipinski definition) is 2. The molecule has 1 rings (SSSR count). The third-order valence-electron chi connectivity index (χ3n) is 1.33. The van der Waals surface area contributed by atoms with Gasteiger partial charge < -0.3 is 0 Å². The fourth-order valence-electron chi connectivity index (χ4n) is 0.685. The van der Waals surface area contributed by atoms with Crippen molar-refractivity contribution in [1.29, 1.82) is 0 Å². The van der Waals surface area contributed by atoms with Crippen LogP contribution in [-0.4, -0.2) is 21.5 Å². The van der Waals surface area contributed by atoms with E-state index in [0.29, 0.717) is 15.7 Å². The third kappa shape index (κ3) is 2.17. The summed E-state index contributed by atoms with van der Waals surface area (Å²) in [4.78, 5) is 0. The maximum atomic E-state index is 4.44. The Hall–Kier alpha value is 1.40. The average Bonchev–Trinajstić information content (AvgIpc) is 1.83. The summed E-state index contributed by atoms with van der Waals surface area (Å²) in [5.41, 5.74) is 0. The minimum Gasteiger partial charge on any atom is -0.174 e. The maximum Gasteiger partial charge on any atom is 0.0266 e. The van der Waals surface area contributed by atoms with E-state index in [2.05, 4.69) is 32.2 Å². The van der Waals surface area contributed by atoms with Crippen molar-refractivity contribution >= 4 is 46.8 Å². The van der Waals surface area contributed by atoms with Crippen LogP contribution in [0.15, 0.2) is 0 Å². The van der Waals surface area contributed by atoms with Crippen molar-refractivity contribution in [3.8, 4) is 0 Å². The first kappa shape index (κ1) is 8.50. The molecular formula is C5H10S4. The molecule has 0 bridgehead atoms. The van der Waals surface area contributed by atoms with Gasteiger partial charge >= 0.3 is 0 Å². The van der Waals surface area contributed by atoms with E-state index >= 15 is 0 Å². The Morgan fingerprint density at radius 2 is 2.11 bits per heavy atom. The highest BCUT2D eigenvalue weighted by molar-refractivity contribution is 8.77. The van der Waals surface area contributed by atoms with E-state index < -0.39 is 0 Å². The van der Waals surface area contributed by atoms with E-state index in [1.165, 1.54) is 0 Å². The molecule has 0 saturated carbocycles. The molecule has 0 amide bonds. The van der Waals surface area contributed by atoms with E-state index in [1.54, 1.807) is 0 Å². The molecule has 0 aromatic carbocycles. The van der Waals surface area contributed by atoms with E-state index in [-0.39, 0.29) is 0 Å². The molecule has 0 spiro atoms. The van der Waals surface area contributed by atoms with E-state index in [9.17, 15) is 0 Å². The van der Waals surface area contributed by atoms with Crippen LogP contribution in [0.25, 0.3) is 0 Å². The molecule has 1 fully saturated rings. The van der Waals surface area contributed by atoms with Gasteiger partial charge in [0.25, 0.3) is 0 Å². The largest absolute Gasteiger partial charge is 0.174 e. The first-order valence-electron chi connectivity index (χ1n) is 2.86. The van der Waals surface area contributed by atoms with Crippen molar-refractivity contribution in [2.24, 2.45) is 0 Å². The second kappa shape index (κ2) is 3.69. The van der Waals surface area contributed by atoms with Crippen molar-refractivity contribution in [3.63, 3.8) is 0 Å². The fourth-order valence-corrected chi connectivity index (χ4v) is 4.89. The zero-order chi connectivity index (χ0) is 6.85. The summed E-state index contributed by atoms with van der Waals surface area (Å²) in [6, 6.07) is 0. The summed E-state index contributed by atoms with van der Waals surface area (Å²) in [5, 5.41) is 1.60. The summed E-state index contributed by atoms with van der Waals surface area (Å²) in [7, 11) is 3.83. The molecule has 1 aliphatic heterocycles. The Morgan fingerprint density at radius 1 is 1.44 bits per heavy atom. The van der Waals surface area contributed by atoms with Crippen LogP contribution in [0.1, 0.15) is 6.92 Å². The zero-order valence-corrected chi connectivity index (χ0v) is 8.57. The molecule has 0 aliphatic carbocycles. The molecule has 3 unspecified atom stereocenters. The van der Waals surface area contributed by atoms with Crippen LogP contribution in [0, 0.1) is 0 Å². The summed E-state index contributed by atoms with van der Waals surface area (Å²) >= 11 is 8.85. The van der Waals surface area contributed by atoms with Gasteiger partial charge in [0.05, 0.1) is 0 Å². The second-order valence-electron chi connectivity index (χ2n) is 2.14. The normalized spacial score (nSPS) is 45.0. The fraction of sp³-hybridized carbons (Fsp3) is 1.00. The van der Waals surface area contributed by atoms with Gasteiger partial charge in [-0.2, -0.15) is 25.3 Å². The van der Waals surface area contributed by atoms with Crippen LogP contribution in [0.2, 0.25) is 0 Å². The Bertz CT molecular complexity index is 85.0. The molecule has 1 aliphatic rings. The van der Waals surface area contributed by atoms with Gasteiger partial charge in [0.2, 0.25) is 0 Å². The van der Waals surface area contributed by atoms with Crippen molar-refractivity contribution in [3.05, 3.63) is 0 Å². The van der Waals surface area contributed by atoms with Gasteiger partial charge in [0.15, 0.2) is 0 Å².